The van der Waals surface area contributed by atoms with E-state index in [-0.39, 0.29) is 11.4 Å². The number of aryl methyl sites for hydroxylation is 1. The molecule has 0 radical (unpaired) electrons. The van der Waals surface area contributed by atoms with Crippen molar-refractivity contribution in [1.29, 1.82) is 0 Å². The maximum atomic E-state index is 12.7. The minimum absolute atomic E-state index is 0.0256. The third-order valence-corrected chi connectivity index (χ3v) is 6.51. The number of sulfonamides is 1. The van der Waals surface area contributed by atoms with E-state index in [9.17, 15) is 8.42 Å². The summed E-state index contributed by atoms with van der Waals surface area (Å²) in [6, 6.07) is 21.5. The van der Waals surface area contributed by atoms with Gasteiger partial charge in [-0.25, -0.2) is 13.1 Å². The van der Waals surface area contributed by atoms with E-state index in [0.717, 1.165) is 26.9 Å². The molecule has 31 heavy (non-hydrogen) atoms. The van der Waals surface area contributed by atoms with Crippen molar-refractivity contribution in [3.63, 3.8) is 0 Å². The van der Waals surface area contributed by atoms with Crippen LogP contribution in [0.15, 0.2) is 87.3 Å². The smallest absolute Gasteiger partial charge is 0.240 e. The molecule has 0 saturated carbocycles. The van der Waals surface area contributed by atoms with Crippen LogP contribution in [0.2, 0.25) is 0 Å². The Morgan fingerprint density at radius 2 is 1.65 bits per heavy atom. The molecule has 0 aliphatic heterocycles. The summed E-state index contributed by atoms with van der Waals surface area (Å²) in [5.74, 6) is 0.747. The van der Waals surface area contributed by atoms with Gasteiger partial charge >= 0.3 is 0 Å². The Morgan fingerprint density at radius 1 is 1.00 bits per heavy atom. The second kappa shape index (κ2) is 10.6. The van der Waals surface area contributed by atoms with Gasteiger partial charge in [-0.05, 0) is 66.6 Å². The summed E-state index contributed by atoms with van der Waals surface area (Å²) in [4.78, 5) is 5.88. The third-order valence-electron chi connectivity index (χ3n) is 4.54. The van der Waals surface area contributed by atoms with E-state index in [1.54, 1.807) is 37.6 Å². The van der Waals surface area contributed by atoms with Gasteiger partial charge in [-0.2, -0.15) is 0 Å². The molecule has 0 amide bonds. The minimum atomic E-state index is -3.68. The van der Waals surface area contributed by atoms with Gasteiger partial charge in [-0.3, -0.25) is 0 Å². The number of ether oxygens (including phenoxy) is 1. The van der Waals surface area contributed by atoms with Gasteiger partial charge in [0.2, 0.25) is 10.0 Å². The van der Waals surface area contributed by atoms with Crippen molar-refractivity contribution < 1.29 is 18.0 Å². The molecule has 6 nitrogen and oxygen atoms in total. The molecule has 0 aliphatic rings. The molecule has 0 heterocycles. The van der Waals surface area contributed by atoms with Crippen molar-refractivity contribution in [2.24, 2.45) is 5.16 Å². The van der Waals surface area contributed by atoms with Crippen molar-refractivity contribution in [3.8, 4) is 5.75 Å². The summed E-state index contributed by atoms with van der Waals surface area (Å²) in [5.41, 5.74) is 2.61. The highest BCUT2D eigenvalue weighted by molar-refractivity contribution is 9.10. The Morgan fingerprint density at radius 3 is 2.26 bits per heavy atom. The second-order valence-corrected chi connectivity index (χ2v) is 9.50. The lowest BCUT2D eigenvalue weighted by molar-refractivity contribution is 0.0634. The SMILES string of the molecule is COc1ccc(/C=N/OC(CNS(=O)(=O)c2ccc(C)cc2)c2ccc(Br)cc2)cc1. The minimum Gasteiger partial charge on any atom is -0.497 e. The maximum Gasteiger partial charge on any atom is 0.240 e. The summed E-state index contributed by atoms with van der Waals surface area (Å²) < 4.78 is 34.0. The highest BCUT2D eigenvalue weighted by atomic mass is 79.9. The zero-order chi connectivity index (χ0) is 22.3. The summed E-state index contributed by atoms with van der Waals surface area (Å²) in [5, 5.41) is 4.07. The molecule has 0 saturated heterocycles. The van der Waals surface area contributed by atoms with E-state index in [4.69, 9.17) is 9.57 Å². The number of nitrogens with one attached hydrogen (secondary N) is 1. The van der Waals surface area contributed by atoms with Gasteiger partial charge in [0.1, 0.15) is 5.75 Å². The van der Waals surface area contributed by atoms with Crippen molar-refractivity contribution in [1.82, 2.24) is 4.72 Å². The second-order valence-electron chi connectivity index (χ2n) is 6.82. The average molecular weight is 503 g/mol. The van der Waals surface area contributed by atoms with Crippen LogP contribution in [0.4, 0.5) is 0 Å². The first kappa shape index (κ1) is 23.0. The summed E-state index contributed by atoms with van der Waals surface area (Å²) >= 11 is 3.40. The van der Waals surface area contributed by atoms with Crippen LogP contribution in [0.1, 0.15) is 22.8 Å². The Hall–Kier alpha value is -2.68. The average Bonchev–Trinajstić information content (AvgIpc) is 2.77. The molecule has 162 valence electrons. The first-order valence-corrected chi connectivity index (χ1v) is 11.8. The van der Waals surface area contributed by atoms with Crippen molar-refractivity contribution >= 4 is 32.2 Å². The Bertz CT molecular complexity index is 1110. The Balaban J connectivity index is 1.73. The Labute approximate surface area is 191 Å². The fourth-order valence-corrected chi connectivity index (χ4v) is 4.03. The van der Waals surface area contributed by atoms with E-state index in [2.05, 4.69) is 25.8 Å². The number of rotatable bonds is 9. The highest BCUT2D eigenvalue weighted by Gasteiger charge is 2.19. The number of halogens is 1. The van der Waals surface area contributed by atoms with E-state index in [0.29, 0.717) is 0 Å². The molecule has 0 aliphatic carbocycles. The lowest BCUT2D eigenvalue weighted by Crippen LogP contribution is -2.29. The molecule has 0 spiro atoms. The largest absolute Gasteiger partial charge is 0.497 e. The fraction of sp³-hybridized carbons (Fsp3) is 0.174. The van der Waals surface area contributed by atoms with Crippen LogP contribution in [0.5, 0.6) is 5.75 Å². The third kappa shape index (κ3) is 6.65. The topological polar surface area (TPSA) is 77.0 Å². The van der Waals surface area contributed by atoms with Crippen LogP contribution in [0, 0.1) is 6.92 Å². The molecule has 0 bridgehead atoms. The Kier molecular flexibility index (Phi) is 7.84. The molecule has 1 atom stereocenters. The molecule has 3 aromatic rings. The lowest BCUT2D eigenvalue weighted by Gasteiger charge is -2.16. The molecule has 1 N–H and O–H groups in total. The van der Waals surface area contributed by atoms with Crippen LogP contribution >= 0.6 is 15.9 Å². The zero-order valence-corrected chi connectivity index (χ0v) is 19.6. The first-order chi connectivity index (χ1) is 14.9. The highest BCUT2D eigenvalue weighted by Crippen LogP contribution is 2.21. The van der Waals surface area contributed by atoms with Gasteiger partial charge < -0.3 is 9.57 Å². The molecular weight excluding hydrogens is 480 g/mol. The summed E-state index contributed by atoms with van der Waals surface area (Å²) in [6.07, 6.45) is 0.961. The number of methoxy groups -OCH3 is 1. The molecule has 1 unspecified atom stereocenters. The van der Waals surface area contributed by atoms with Crippen LogP contribution in [0.25, 0.3) is 0 Å². The van der Waals surface area contributed by atoms with Crippen LogP contribution in [-0.2, 0) is 14.9 Å². The maximum absolute atomic E-state index is 12.7. The fourth-order valence-electron chi connectivity index (χ4n) is 2.73. The van der Waals surface area contributed by atoms with E-state index in [1.807, 2.05) is 55.5 Å². The zero-order valence-electron chi connectivity index (χ0n) is 17.2. The first-order valence-electron chi connectivity index (χ1n) is 9.52. The number of hydrogen-bond acceptors (Lipinski definition) is 5. The van der Waals surface area contributed by atoms with Crippen LogP contribution < -0.4 is 9.46 Å². The van der Waals surface area contributed by atoms with Crippen molar-refractivity contribution in [3.05, 3.63) is 94.0 Å². The van der Waals surface area contributed by atoms with Crippen LogP contribution in [0.3, 0.4) is 0 Å². The monoisotopic (exact) mass is 502 g/mol. The van der Waals surface area contributed by atoms with Gasteiger partial charge in [-0.1, -0.05) is 50.9 Å². The normalized spacial score (nSPS) is 12.6. The van der Waals surface area contributed by atoms with Gasteiger partial charge in [0.25, 0.3) is 0 Å². The van der Waals surface area contributed by atoms with Gasteiger partial charge in [0.05, 0.1) is 24.8 Å². The van der Waals surface area contributed by atoms with Gasteiger partial charge in [-0.15, -0.1) is 0 Å². The summed E-state index contributed by atoms with van der Waals surface area (Å²) in [7, 11) is -2.07. The molecule has 3 rings (SSSR count). The molecular formula is C23H23BrN2O4S. The predicted molar refractivity (Wildman–Crippen MR) is 125 cm³/mol. The van der Waals surface area contributed by atoms with E-state index < -0.39 is 16.1 Å². The summed E-state index contributed by atoms with van der Waals surface area (Å²) in [6.45, 7) is 1.93. The quantitative estimate of drug-likeness (QED) is 0.335. The van der Waals surface area contributed by atoms with E-state index in [1.165, 1.54) is 0 Å². The van der Waals surface area contributed by atoms with Crippen LogP contribution in [-0.4, -0.2) is 28.3 Å². The number of nitrogens with zero attached hydrogens (tertiary/aromatic N) is 1. The van der Waals surface area contributed by atoms with Crippen molar-refractivity contribution in [2.45, 2.75) is 17.9 Å². The molecule has 0 aromatic heterocycles. The molecule has 0 fully saturated rings. The lowest BCUT2D eigenvalue weighted by atomic mass is 10.1. The van der Waals surface area contributed by atoms with Gasteiger partial charge in [0.15, 0.2) is 6.10 Å². The number of oxime groups is 1. The van der Waals surface area contributed by atoms with Gasteiger partial charge in [0, 0.05) is 4.47 Å². The molecule has 3 aromatic carbocycles. The number of benzene rings is 3. The molecule has 8 heteroatoms. The standard InChI is InChI=1S/C23H23BrN2O4S/c1-17-3-13-22(14-4-17)31(27,28)26-16-23(19-7-9-20(24)10-8-19)30-25-15-18-5-11-21(29-2)12-6-18/h3-15,23,26H,16H2,1-2H3/b25-15+. The number of hydrogen-bond donors (Lipinski definition) is 1. The predicted octanol–water partition coefficient (Wildman–Crippen LogP) is 4.84. The van der Waals surface area contributed by atoms with Crippen molar-refractivity contribution in [2.75, 3.05) is 13.7 Å². The van der Waals surface area contributed by atoms with E-state index >= 15 is 0 Å².